The molecule has 0 aliphatic heterocycles. The van der Waals surface area contributed by atoms with Crippen molar-refractivity contribution < 1.29 is 0 Å². The molecule has 4 heteroatoms. The van der Waals surface area contributed by atoms with E-state index in [1.165, 1.54) is 0 Å². The Kier molecular flexibility index (Phi) is 7.42. The van der Waals surface area contributed by atoms with Crippen molar-refractivity contribution in [2.75, 3.05) is 0 Å². The Bertz CT molecular complexity index is 1410. The molecule has 0 saturated heterocycles. The summed E-state index contributed by atoms with van der Waals surface area (Å²) < 4.78 is 0. The average Bonchev–Trinajstić information content (AvgIpc) is 2.71. The van der Waals surface area contributed by atoms with Crippen molar-refractivity contribution in [3.05, 3.63) is 33.9 Å². The highest BCUT2D eigenvalue weighted by atomic mass is 14.9. The summed E-state index contributed by atoms with van der Waals surface area (Å²) in [5, 5.41) is 0. The largest absolute Gasteiger partial charge is 0.248 e. The molecule has 0 fully saturated rings. The van der Waals surface area contributed by atoms with E-state index in [1.54, 1.807) is 0 Å². The Balaban J connectivity index is 2.87. The number of hydrogen-bond acceptors (Lipinski definition) is 4. The molecule has 4 nitrogen and oxygen atoms in total. The molecule has 0 aliphatic carbocycles. The van der Waals surface area contributed by atoms with E-state index in [-0.39, 0.29) is 32.5 Å². The van der Waals surface area contributed by atoms with E-state index in [4.69, 9.17) is 19.9 Å². The second-order valence-corrected chi connectivity index (χ2v) is 17.5. The molecule has 0 radical (unpaired) electrons. The summed E-state index contributed by atoms with van der Waals surface area (Å²) in [5.74, 6) is 0. The lowest BCUT2D eigenvalue weighted by Gasteiger charge is -2.34. The van der Waals surface area contributed by atoms with E-state index in [0.29, 0.717) is 0 Å². The van der Waals surface area contributed by atoms with Gasteiger partial charge >= 0.3 is 0 Å². The van der Waals surface area contributed by atoms with Crippen LogP contribution in [0.25, 0.3) is 22.1 Å². The van der Waals surface area contributed by atoms with Crippen LogP contribution in [-0.4, -0.2) is 19.9 Å². The van der Waals surface area contributed by atoms with Crippen molar-refractivity contribution in [1.29, 1.82) is 0 Å². The molecule has 3 rings (SSSR count). The van der Waals surface area contributed by atoms with E-state index in [0.717, 1.165) is 62.4 Å². The van der Waals surface area contributed by atoms with E-state index < -0.39 is 0 Å². The maximum atomic E-state index is 5.61. The lowest BCUT2D eigenvalue weighted by atomic mass is 9.76. The van der Waals surface area contributed by atoms with Crippen LogP contribution < -0.4 is 0 Å². The van der Waals surface area contributed by atoms with Crippen LogP contribution in [0.1, 0.15) is 165 Å². The quantitative estimate of drug-likeness (QED) is 0.308. The first-order valence-corrected chi connectivity index (χ1v) is 14.8. The molecule has 216 valence electrons. The van der Waals surface area contributed by atoms with Gasteiger partial charge in [0.2, 0.25) is 0 Å². The van der Waals surface area contributed by atoms with Crippen LogP contribution in [0.2, 0.25) is 0 Å². The van der Waals surface area contributed by atoms with Gasteiger partial charge in [0.1, 0.15) is 0 Å². The molecule has 0 spiro atoms. The number of benzene rings is 1. The lowest BCUT2D eigenvalue weighted by molar-refractivity contribution is 0.456. The highest BCUT2D eigenvalue weighted by Crippen LogP contribution is 2.45. The first-order chi connectivity index (χ1) is 17.2. The van der Waals surface area contributed by atoms with Gasteiger partial charge in [-0.2, -0.15) is 0 Å². The highest BCUT2D eigenvalue weighted by molar-refractivity contribution is 6.01. The van der Waals surface area contributed by atoms with Crippen LogP contribution in [-0.2, 0) is 32.5 Å². The summed E-state index contributed by atoms with van der Waals surface area (Å²) in [6.45, 7) is 40.8. The average molecular weight is 533 g/mol. The van der Waals surface area contributed by atoms with Crippen LogP contribution >= 0.6 is 0 Å². The first-order valence-electron chi connectivity index (χ1n) is 14.8. The van der Waals surface area contributed by atoms with Crippen molar-refractivity contribution in [3.63, 3.8) is 0 Å². The monoisotopic (exact) mass is 532 g/mol. The van der Waals surface area contributed by atoms with Gasteiger partial charge in [-0.1, -0.05) is 125 Å². The molecule has 2 aromatic heterocycles. The third kappa shape index (κ3) is 5.72. The van der Waals surface area contributed by atoms with Crippen molar-refractivity contribution in [2.24, 2.45) is 0 Å². The maximum Gasteiger partial charge on any atom is 0.0954 e. The molecule has 3 aromatic rings. The summed E-state index contributed by atoms with van der Waals surface area (Å²) in [7, 11) is 0. The summed E-state index contributed by atoms with van der Waals surface area (Å²) in [4.78, 5) is 22.3. The smallest absolute Gasteiger partial charge is 0.0954 e. The third-order valence-corrected chi connectivity index (χ3v) is 7.90. The van der Waals surface area contributed by atoms with E-state index in [2.05, 4.69) is 125 Å². The molecule has 0 bridgehead atoms. The fourth-order valence-corrected chi connectivity index (χ4v) is 5.42. The van der Waals surface area contributed by atoms with E-state index in [1.807, 2.05) is 0 Å². The van der Waals surface area contributed by atoms with Gasteiger partial charge in [0, 0.05) is 32.8 Å². The Morgan fingerprint density at radius 3 is 0.795 bits per heavy atom. The minimum atomic E-state index is -0.203. The van der Waals surface area contributed by atoms with Crippen molar-refractivity contribution in [3.8, 4) is 0 Å². The Hall–Kier alpha value is -2.10. The summed E-state index contributed by atoms with van der Waals surface area (Å²) in [6, 6.07) is 0. The summed E-state index contributed by atoms with van der Waals surface area (Å²) >= 11 is 0. The van der Waals surface area contributed by atoms with E-state index in [9.17, 15) is 0 Å². The van der Waals surface area contributed by atoms with Crippen LogP contribution in [0.5, 0.6) is 0 Å². The maximum absolute atomic E-state index is 5.61. The minimum Gasteiger partial charge on any atom is -0.248 e. The van der Waals surface area contributed by atoms with Crippen molar-refractivity contribution in [1.82, 2.24) is 19.9 Å². The Morgan fingerprint density at radius 2 is 0.590 bits per heavy atom. The molecule has 1 aromatic carbocycles. The SMILES string of the molecule is CCC(C)(C)c1nc2c(C(C)(C)C)c3nc(C(C)(C)C)c(C(C)(C)C)nc3c(C(C)(C)C)c2nc1C(C)(C)C. The normalized spacial score (nSPS) is 14.5. The predicted molar refractivity (Wildman–Crippen MR) is 169 cm³/mol. The van der Waals surface area contributed by atoms with Crippen LogP contribution in [0.3, 0.4) is 0 Å². The topological polar surface area (TPSA) is 51.6 Å². The molecule has 0 unspecified atom stereocenters. The number of fused-ring (bicyclic) bond motifs is 2. The third-order valence-electron chi connectivity index (χ3n) is 7.90. The molecule has 0 atom stereocenters. The molecule has 39 heavy (non-hydrogen) atoms. The zero-order chi connectivity index (χ0) is 30.3. The van der Waals surface area contributed by atoms with Gasteiger partial charge < -0.3 is 0 Å². The highest BCUT2D eigenvalue weighted by Gasteiger charge is 2.38. The van der Waals surface area contributed by atoms with Gasteiger partial charge in [-0.3, -0.25) is 0 Å². The lowest BCUT2D eigenvalue weighted by Crippen LogP contribution is -2.30. The van der Waals surface area contributed by atoms with Crippen molar-refractivity contribution >= 4 is 22.1 Å². The first kappa shape index (κ1) is 31.4. The summed E-state index contributed by atoms with van der Waals surface area (Å²) in [5.41, 5.74) is 9.62. The number of hydrogen-bond donors (Lipinski definition) is 0. The van der Waals surface area contributed by atoms with Gasteiger partial charge in [-0.15, -0.1) is 0 Å². The van der Waals surface area contributed by atoms with Gasteiger partial charge in [-0.05, 0) is 17.3 Å². The molecular weight excluding hydrogens is 476 g/mol. The molecule has 0 N–H and O–H groups in total. The predicted octanol–water partition coefficient (Wildman–Crippen LogP) is 9.75. The zero-order valence-electron chi connectivity index (χ0n) is 28.5. The second-order valence-electron chi connectivity index (χ2n) is 17.5. The second kappa shape index (κ2) is 9.21. The number of rotatable bonds is 2. The summed E-state index contributed by atoms with van der Waals surface area (Å²) in [6.07, 6.45) is 0.990. The fourth-order valence-electron chi connectivity index (χ4n) is 5.42. The van der Waals surface area contributed by atoms with Crippen LogP contribution in [0.4, 0.5) is 0 Å². The van der Waals surface area contributed by atoms with Crippen LogP contribution in [0, 0.1) is 0 Å². The molecule has 2 heterocycles. The molecular formula is C35H56N4. The standard InChI is InChI=1S/C35H56N4/c1-19-35(17,18)29-28(34(14,15)16)38-24-20(30(2,3)4)22-23(21(25(24)39-29)31(5,6)7)37-27(33(11,12)13)26(36-22)32(8,9)10/h19H2,1-18H3. The number of aromatic nitrogens is 4. The number of nitrogens with zero attached hydrogens (tertiary/aromatic N) is 4. The van der Waals surface area contributed by atoms with Gasteiger partial charge in [0.25, 0.3) is 0 Å². The Morgan fingerprint density at radius 1 is 0.359 bits per heavy atom. The van der Waals surface area contributed by atoms with Crippen molar-refractivity contribution in [2.45, 2.75) is 164 Å². The molecule has 0 amide bonds. The van der Waals surface area contributed by atoms with Gasteiger partial charge in [0.05, 0.1) is 44.8 Å². The fraction of sp³-hybridized carbons (Fsp3) is 0.714. The minimum absolute atomic E-state index is 0.103. The van der Waals surface area contributed by atoms with Crippen LogP contribution in [0.15, 0.2) is 0 Å². The Labute approximate surface area is 239 Å². The van der Waals surface area contributed by atoms with Gasteiger partial charge in [0.15, 0.2) is 0 Å². The van der Waals surface area contributed by atoms with Gasteiger partial charge in [-0.25, -0.2) is 19.9 Å². The van der Waals surface area contributed by atoms with E-state index >= 15 is 0 Å². The zero-order valence-corrected chi connectivity index (χ0v) is 28.5. The molecule has 0 aliphatic rings. The molecule has 0 saturated carbocycles.